The lowest BCUT2D eigenvalue weighted by molar-refractivity contribution is 0.0313. The Labute approximate surface area is 128 Å². The van der Waals surface area contributed by atoms with Crippen molar-refractivity contribution in [2.24, 2.45) is 0 Å². The Morgan fingerprint density at radius 2 is 1.86 bits per heavy atom. The molecule has 120 valence electrons. The lowest BCUT2D eigenvalue weighted by atomic mass is 10.1. The SMILES string of the molecule is O=C(c1ccc(F)cc1F)N1CCN([C@@H]2CCC[C@H]2O)CC1. The van der Waals surface area contributed by atoms with Crippen LogP contribution < -0.4 is 0 Å². The minimum Gasteiger partial charge on any atom is -0.391 e. The zero-order chi connectivity index (χ0) is 15.7. The van der Waals surface area contributed by atoms with E-state index in [4.69, 9.17) is 0 Å². The first-order valence-corrected chi connectivity index (χ1v) is 7.72. The van der Waals surface area contributed by atoms with E-state index in [9.17, 15) is 18.7 Å². The molecule has 2 aliphatic rings. The number of piperazine rings is 1. The van der Waals surface area contributed by atoms with Crippen LogP contribution in [0.4, 0.5) is 8.78 Å². The van der Waals surface area contributed by atoms with Crippen LogP contribution in [0.15, 0.2) is 18.2 Å². The third kappa shape index (κ3) is 2.98. The second kappa shape index (κ2) is 6.30. The van der Waals surface area contributed by atoms with Crippen LogP contribution in [0.5, 0.6) is 0 Å². The summed E-state index contributed by atoms with van der Waals surface area (Å²) >= 11 is 0. The predicted octanol–water partition coefficient (Wildman–Crippen LogP) is 1.64. The van der Waals surface area contributed by atoms with Gasteiger partial charge in [-0.25, -0.2) is 8.78 Å². The quantitative estimate of drug-likeness (QED) is 0.903. The van der Waals surface area contributed by atoms with E-state index in [1.165, 1.54) is 6.07 Å². The van der Waals surface area contributed by atoms with E-state index in [1.54, 1.807) is 4.90 Å². The number of hydrogen-bond donors (Lipinski definition) is 1. The number of carbonyl (C=O) groups excluding carboxylic acids is 1. The Bertz CT molecular complexity index is 559. The van der Waals surface area contributed by atoms with Gasteiger partial charge in [0.15, 0.2) is 0 Å². The van der Waals surface area contributed by atoms with Gasteiger partial charge in [-0.3, -0.25) is 9.69 Å². The standard InChI is InChI=1S/C16H20F2N2O2/c17-11-4-5-12(13(18)10-11)16(22)20-8-6-19(7-9-20)14-2-1-3-15(14)21/h4-5,10,14-15,21H,1-3,6-9H2/t14-,15-/m1/s1. The first kappa shape index (κ1) is 15.4. The van der Waals surface area contributed by atoms with Crippen LogP contribution in [0.3, 0.4) is 0 Å². The largest absolute Gasteiger partial charge is 0.391 e. The highest BCUT2D eigenvalue weighted by molar-refractivity contribution is 5.94. The van der Waals surface area contributed by atoms with Crippen LogP contribution in [-0.2, 0) is 0 Å². The molecule has 4 nitrogen and oxygen atoms in total. The Morgan fingerprint density at radius 1 is 1.14 bits per heavy atom. The molecule has 1 aliphatic heterocycles. The van der Waals surface area contributed by atoms with Gasteiger partial charge in [0.05, 0.1) is 11.7 Å². The fourth-order valence-corrected chi connectivity index (χ4v) is 3.44. The van der Waals surface area contributed by atoms with E-state index in [1.807, 2.05) is 0 Å². The second-order valence-electron chi connectivity index (χ2n) is 6.02. The molecular weight excluding hydrogens is 290 g/mol. The van der Waals surface area contributed by atoms with Gasteiger partial charge in [0.25, 0.3) is 5.91 Å². The maximum Gasteiger partial charge on any atom is 0.256 e. The molecule has 1 aromatic rings. The summed E-state index contributed by atoms with van der Waals surface area (Å²) in [6.07, 6.45) is 2.58. The molecule has 3 rings (SSSR count). The minimum atomic E-state index is -0.821. The van der Waals surface area contributed by atoms with Gasteiger partial charge in [0.2, 0.25) is 0 Å². The van der Waals surface area contributed by atoms with E-state index in [0.717, 1.165) is 31.4 Å². The monoisotopic (exact) mass is 310 g/mol. The first-order valence-electron chi connectivity index (χ1n) is 7.72. The Morgan fingerprint density at radius 3 is 2.45 bits per heavy atom. The predicted molar refractivity (Wildman–Crippen MR) is 77.5 cm³/mol. The fraction of sp³-hybridized carbons (Fsp3) is 0.562. The highest BCUT2D eigenvalue weighted by Gasteiger charge is 2.33. The summed E-state index contributed by atoms with van der Waals surface area (Å²) in [6, 6.07) is 3.21. The molecule has 1 amide bonds. The summed E-state index contributed by atoms with van der Waals surface area (Å²) < 4.78 is 26.6. The molecule has 1 heterocycles. The zero-order valence-corrected chi connectivity index (χ0v) is 12.3. The van der Waals surface area contributed by atoms with Gasteiger partial charge in [-0.05, 0) is 31.4 Å². The number of halogens is 2. The average molecular weight is 310 g/mol. The third-order valence-electron chi connectivity index (χ3n) is 4.68. The van der Waals surface area contributed by atoms with Crippen molar-refractivity contribution in [3.8, 4) is 0 Å². The smallest absolute Gasteiger partial charge is 0.256 e. The van der Waals surface area contributed by atoms with Gasteiger partial charge < -0.3 is 10.0 Å². The number of rotatable bonds is 2. The number of benzene rings is 1. The maximum atomic E-state index is 13.7. The van der Waals surface area contributed by atoms with Crippen molar-refractivity contribution < 1.29 is 18.7 Å². The van der Waals surface area contributed by atoms with Crippen molar-refractivity contribution in [2.75, 3.05) is 26.2 Å². The van der Waals surface area contributed by atoms with Crippen molar-refractivity contribution in [1.29, 1.82) is 0 Å². The minimum absolute atomic E-state index is 0.0873. The molecule has 1 aromatic carbocycles. The zero-order valence-electron chi connectivity index (χ0n) is 12.3. The molecular formula is C16H20F2N2O2. The Balaban J connectivity index is 1.62. The lowest BCUT2D eigenvalue weighted by Gasteiger charge is -2.39. The number of carbonyl (C=O) groups is 1. The van der Waals surface area contributed by atoms with E-state index >= 15 is 0 Å². The lowest BCUT2D eigenvalue weighted by Crippen LogP contribution is -2.53. The van der Waals surface area contributed by atoms with E-state index in [0.29, 0.717) is 26.2 Å². The first-order chi connectivity index (χ1) is 10.6. The molecule has 1 saturated carbocycles. The number of aliphatic hydroxyl groups excluding tert-OH is 1. The van der Waals surface area contributed by atoms with Gasteiger partial charge in [0.1, 0.15) is 11.6 Å². The van der Waals surface area contributed by atoms with E-state index in [2.05, 4.69) is 4.90 Å². The van der Waals surface area contributed by atoms with Crippen LogP contribution in [0, 0.1) is 11.6 Å². The van der Waals surface area contributed by atoms with E-state index in [-0.39, 0.29) is 17.7 Å². The molecule has 1 aliphatic carbocycles. The number of aliphatic hydroxyl groups is 1. The fourth-order valence-electron chi connectivity index (χ4n) is 3.44. The highest BCUT2D eigenvalue weighted by atomic mass is 19.1. The van der Waals surface area contributed by atoms with Crippen LogP contribution in [0.2, 0.25) is 0 Å². The van der Waals surface area contributed by atoms with Crippen LogP contribution in [-0.4, -0.2) is 59.1 Å². The van der Waals surface area contributed by atoms with Crippen LogP contribution in [0.1, 0.15) is 29.6 Å². The summed E-state index contributed by atoms with van der Waals surface area (Å²) in [4.78, 5) is 16.1. The molecule has 0 unspecified atom stereocenters. The second-order valence-corrected chi connectivity index (χ2v) is 6.02. The van der Waals surface area contributed by atoms with Gasteiger partial charge in [0, 0.05) is 38.3 Å². The molecule has 6 heteroatoms. The highest BCUT2D eigenvalue weighted by Crippen LogP contribution is 2.25. The molecule has 0 spiro atoms. The van der Waals surface area contributed by atoms with Crippen molar-refractivity contribution in [3.05, 3.63) is 35.4 Å². The van der Waals surface area contributed by atoms with E-state index < -0.39 is 17.5 Å². The van der Waals surface area contributed by atoms with Gasteiger partial charge in [-0.15, -0.1) is 0 Å². The molecule has 1 N–H and O–H groups in total. The topological polar surface area (TPSA) is 43.8 Å². The molecule has 2 fully saturated rings. The van der Waals surface area contributed by atoms with Crippen LogP contribution in [0.25, 0.3) is 0 Å². The molecule has 0 radical (unpaired) electrons. The summed E-state index contributed by atoms with van der Waals surface area (Å²) in [5.74, 6) is -1.91. The average Bonchev–Trinajstić information content (AvgIpc) is 2.93. The summed E-state index contributed by atoms with van der Waals surface area (Å²) in [5.41, 5.74) is -0.0873. The van der Waals surface area contributed by atoms with Crippen LogP contribution >= 0.6 is 0 Å². The Kier molecular flexibility index (Phi) is 4.40. The third-order valence-corrected chi connectivity index (χ3v) is 4.68. The van der Waals surface area contributed by atoms with Gasteiger partial charge in [-0.2, -0.15) is 0 Å². The number of hydrogen-bond acceptors (Lipinski definition) is 3. The summed E-state index contributed by atoms with van der Waals surface area (Å²) in [5, 5.41) is 9.95. The number of nitrogens with zero attached hydrogens (tertiary/aromatic N) is 2. The molecule has 2 atom stereocenters. The van der Waals surface area contributed by atoms with Crippen molar-refractivity contribution in [1.82, 2.24) is 9.80 Å². The molecule has 0 bridgehead atoms. The normalized spacial score (nSPS) is 26.4. The maximum absolute atomic E-state index is 13.7. The molecule has 0 aromatic heterocycles. The summed E-state index contributed by atoms with van der Waals surface area (Å²) in [6.45, 7) is 2.35. The summed E-state index contributed by atoms with van der Waals surface area (Å²) in [7, 11) is 0. The van der Waals surface area contributed by atoms with Gasteiger partial charge >= 0.3 is 0 Å². The van der Waals surface area contributed by atoms with Crippen molar-refractivity contribution in [3.63, 3.8) is 0 Å². The molecule has 22 heavy (non-hydrogen) atoms. The molecule has 1 saturated heterocycles. The Hall–Kier alpha value is -1.53. The number of amides is 1. The van der Waals surface area contributed by atoms with Crippen molar-refractivity contribution in [2.45, 2.75) is 31.4 Å². The van der Waals surface area contributed by atoms with Gasteiger partial charge in [-0.1, -0.05) is 0 Å². The van der Waals surface area contributed by atoms with Crippen molar-refractivity contribution >= 4 is 5.91 Å².